The molecule has 0 spiro atoms. The SMILES string of the molecule is COc1ccc(F)c2c1CSCC2=O. The van der Waals surface area contributed by atoms with Gasteiger partial charge in [-0.15, -0.1) is 11.8 Å². The second-order valence-corrected chi connectivity index (χ2v) is 4.00. The molecular formula is C10H9FO2S. The van der Waals surface area contributed by atoms with Gasteiger partial charge in [0, 0.05) is 11.3 Å². The Labute approximate surface area is 85.4 Å². The highest BCUT2D eigenvalue weighted by Gasteiger charge is 2.24. The van der Waals surface area contributed by atoms with Crippen molar-refractivity contribution in [1.82, 2.24) is 0 Å². The van der Waals surface area contributed by atoms with Crippen molar-refractivity contribution in [2.75, 3.05) is 12.9 Å². The van der Waals surface area contributed by atoms with Crippen molar-refractivity contribution in [2.24, 2.45) is 0 Å². The Balaban J connectivity index is 2.63. The third-order valence-electron chi connectivity index (χ3n) is 2.20. The fourth-order valence-electron chi connectivity index (χ4n) is 1.55. The first-order chi connectivity index (χ1) is 6.74. The number of thioether (sulfide) groups is 1. The van der Waals surface area contributed by atoms with Gasteiger partial charge >= 0.3 is 0 Å². The van der Waals surface area contributed by atoms with Crippen LogP contribution in [0, 0.1) is 5.82 Å². The van der Waals surface area contributed by atoms with Gasteiger partial charge < -0.3 is 4.74 Å². The molecule has 1 aromatic carbocycles. The predicted molar refractivity (Wildman–Crippen MR) is 53.4 cm³/mol. The minimum absolute atomic E-state index is 0.146. The van der Waals surface area contributed by atoms with Crippen LogP contribution in [0.1, 0.15) is 15.9 Å². The largest absolute Gasteiger partial charge is 0.496 e. The molecule has 0 atom stereocenters. The number of hydrogen-bond acceptors (Lipinski definition) is 3. The van der Waals surface area contributed by atoms with Gasteiger partial charge in [0.1, 0.15) is 11.6 Å². The van der Waals surface area contributed by atoms with Crippen molar-refractivity contribution in [3.63, 3.8) is 0 Å². The number of fused-ring (bicyclic) bond motifs is 1. The van der Waals surface area contributed by atoms with Gasteiger partial charge in [-0.1, -0.05) is 0 Å². The lowest BCUT2D eigenvalue weighted by Gasteiger charge is -2.17. The molecule has 0 radical (unpaired) electrons. The number of benzene rings is 1. The topological polar surface area (TPSA) is 26.3 Å². The van der Waals surface area contributed by atoms with E-state index < -0.39 is 5.82 Å². The van der Waals surface area contributed by atoms with Crippen LogP contribution in [0.3, 0.4) is 0 Å². The molecule has 0 saturated carbocycles. The van der Waals surface area contributed by atoms with E-state index in [-0.39, 0.29) is 11.3 Å². The Hall–Kier alpha value is -1.03. The summed E-state index contributed by atoms with van der Waals surface area (Å²) in [5.41, 5.74) is 0.900. The van der Waals surface area contributed by atoms with Crippen LogP contribution in [0.2, 0.25) is 0 Å². The fourth-order valence-corrected chi connectivity index (χ4v) is 2.48. The van der Waals surface area contributed by atoms with Crippen LogP contribution in [0.15, 0.2) is 12.1 Å². The van der Waals surface area contributed by atoms with Crippen molar-refractivity contribution < 1.29 is 13.9 Å². The number of carbonyl (C=O) groups is 1. The molecule has 2 nitrogen and oxygen atoms in total. The number of Topliss-reactive ketones (excluding diaryl/α,β-unsaturated/α-hetero) is 1. The van der Waals surface area contributed by atoms with Gasteiger partial charge in [-0.3, -0.25) is 4.79 Å². The molecule has 0 bridgehead atoms. The maximum atomic E-state index is 13.4. The molecule has 1 aromatic rings. The van der Waals surface area contributed by atoms with E-state index in [0.29, 0.717) is 22.8 Å². The molecule has 0 unspecified atom stereocenters. The highest BCUT2D eigenvalue weighted by atomic mass is 32.2. The van der Waals surface area contributed by atoms with Gasteiger partial charge in [-0.05, 0) is 12.1 Å². The number of halogens is 1. The van der Waals surface area contributed by atoms with E-state index in [9.17, 15) is 9.18 Å². The van der Waals surface area contributed by atoms with Crippen molar-refractivity contribution >= 4 is 17.5 Å². The fraction of sp³-hybridized carbons (Fsp3) is 0.300. The van der Waals surface area contributed by atoms with E-state index in [4.69, 9.17) is 4.74 Å². The van der Waals surface area contributed by atoms with Gasteiger partial charge in [0.05, 0.1) is 18.4 Å². The molecule has 0 N–H and O–H groups in total. The molecule has 1 heterocycles. The number of carbonyl (C=O) groups excluding carboxylic acids is 1. The minimum atomic E-state index is -0.439. The van der Waals surface area contributed by atoms with E-state index in [1.165, 1.54) is 24.9 Å². The van der Waals surface area contributed by atoms with Crippen molar-refractivity contribution in [1.29, 1.82) is 0 Å². The van der Waals surface area contributed by atoms with Crippen molar-refractivity contribution in [3.8, 4) is 5.75 Å². The second-order valence-electron chi connectivity index (χ2n) is 3.02. The molecule has 4 heteroatoms. The van der Waals surface area contributed by atoms with E-state index in [1.807, 2.05) is 0 Å². The normalized spacial score (nSPS) is 15.1. The zero-order valence-electron chi connectivity index (χ0n) is 7.67. The van der Waals surface area contributed by atoms with Crippen LogP contribution in [-0.2, 0) is 5.75 Å². The first kappa shape index (κ1) is 9.52. The van der Waals surface area contributed by atoms with Crippen LogP contribution in [0.4, 0.5) is 4.39 Å². The molecule has 0 amide bonds. The number of ether oxygens (including phenoxy) is 1. The summed E-state index contributed by atoms with van der Waals surface area (Å²) in [7, 11) is 1.53. The van der Waals surface area contributed by atoms with Gasteiger partial charge in [0.15, 0.2) is 5.78 Å². The van der Waals surface area contributed by atoms with Crippen LogP contribution < -0.4 is 4.74 Å². The van der Waals surface area contributed by atoms with E-state index in [0.717, 1.165) is 0 Å². The van der Waals surface area contributed by atoms with Gasteiger partial charge in [0.2, 0.25) is 0 Å². The zero-order valence-corrected chi connectivity index (χ0v) is 8.49. The Morgan fingerprint density at radius 2 is 2.21 bits per heavy atom. The summed E-state index contributed by atoms with van der Waals surface area (Å²) in [6.07, 6.45) is 0. The Morgan fingerprint density at radius 3 is 2.93 bits per heavy atom. The Morgan fingerprint density at radius 1 is 1.43 bits per heavy atom. The maximum absolute atomic E-state index is 13.4. The third-order valence-corrected chi connectivity index (χ3v) is 3.16. The van der Waals surface area contributed by atoms with E-state index in [1.54, 1.807) is 6.07 Å². The van der Waals surface area contributed by atoms with E-state index >= 15 is 0 Å². The standard InChI is InChI=1S/C10H9FO2S/c1-13-9-3-2-7(11)10-6(9)4-14-5-8(10)12/h2-3H,4-5H2,1H3. The summed E-state index contributed by atoms with van der Waals surface area (Å²) in [6, 6.07) is 2.85. The lowest BCUT2D eigenvalue weighted by atomic mass is 10.0. The highest BCUT2D eigenvalue weighted by molar-refractivity contribution is 7.99. The molecule has 0 saturated heterocycles. The number of rotatable bonds is 1. The van der Waals surface area contributed by atoms with E-state index in [2.05, 4.69) is 0 Å². The molecule has 14 heavy (non-hydrogen) atoms. The van der Waals surface area contributed by atoms with Gasteiger partial charge in [-0.2, -0.15) is 0 Å². The predicted octanol–water partition coefficient (Wildman–Crippen LogP) is 2.26. The van der Waals surface area contributed by atoms with Crippen molar-refractivity contribution in [2.45, 2.75) is 5.75 Å². The van der Waals surface area contributed by atoms with Crippen LogP contribution in [0.5, 0.6) is 5.75 Å². The summed E-state index contributed by atoms with van der Waals surface area (Å²) < 4.78 is 18.4. The second kappa shape index (κ2) is 3.61. The number of hydrogen-bond donors (Lipinski definition) is 0. The summed E-state index contributed by atoms with van der Waals surface area (Å²) >= 11 is 1.49. The molecule has 2 rings (SSSR count). The molecule has 74 valence electrons. The van der Waals surface area contributed by atoms with Gasteiger partial charge in [-0.25, -0.2) is 4.39 Å². The summed E-state index contributed by atoms with van der Waals surface area (Å²) in [5, 5.41) is 0. The molecule has 1 aliphatic heterocycles. The summed E-state index contributed by atoms with van der Waals surface area (Å²) in [6.45, 7) is 0. The average Bonchev–Trinajstić information content (AvgIpc) is 2.18. The van der Waals surface area contributed by atoms with Gasteiger partial charge in [0.25, 0.3) is 0 Å². The van der Waals surface area contributed by atoms with Crippen LogP contribution in [-0.4, -0.2) is 18.6 Å². The average molecular weight is 212 g/mol. The highest BCUT2D eigenvalue weighted by Crippen LogP contribution is 2.33. The zero-order chi connectivity index (χ0) is 10.1. The Bertz CT molecular complexity index is 390. The quantitative estimate of drug-likeness (QED) is 0.714. The van der Waals surface area contributed by atoms with Crippen LogP contribution in [0.25, 0.3) is 0 Å². The molecular weight excluding hydrogens is 203 g/mol. The lowest BCUT2D eigenvalue weighted by molar-refractivity contribution is 0.101. The molecule has 0 aromatic heterocycles. The maximum Gasteiger partial charge on any atom is 0.176 e. The summed E-state index contributed by atoms with van der Waals surface area (Å²) in [5.74, 6) is 1.01. The molecule has 0 fully saturated rings. The summed E-state index contributed by atoms with van der Waals surface area (Å²) in [4.78, 5) is 11.5. The third kappa shape index (κ3) is 1.39. The smallest absolute Gasteiger partial charge is 0.176 e. The lowest BCUT2D eigenvalue weighted by Crippen LogP contribution is -2.15. The molecule has 1 aliphatic rings. The number of methoxy groups -OCH3 is 1. The van der Waals surface area contributed by atoms with Crippen LogP contribution >= 0.6 is 11.8 Å². The number of ketones is 1. The van der Waals surface area contributed by atoms with Crippen molar-refractivity contribution in [3.05, 3.63) is 29.1 Å². The minimum Gasteiger partial charge on any atom is -0.496 e. The monoisotopic (exact) mass is 212 g/mol. The molecule has 0 aliphatic carbocycles. The first-order valence-corrected chi connectivity index (χ1v) is 5.36. The Kier molecular flexibility index (Phi) is 2.46. The first-order valence-electron chi connectivity index (χ1n) is 4.20.